The van der Waals surface area contributed by atoms with Gasteiger partial charge in [-0.3, -0.25) is 34.2 Å². The van der Waals surface area contributed by atoms with Gasteiger partial charge in [0.15, 0.2) is 0 Å². The number of anilines is 1. The highest BCUT2D eigenvalue weighted by Crippen LogP contribution is 2.28. The van der Waals surface area contributed by atoms with Gasteiger partial charge in [0.25, 0.3) is 11.5 Å². The molecule has 1 fully saturated rings. The van der Waals surface area contributed by atoms with Gasteiger partial charge in [-0.05, 0) is 31.9 Å². The normalized spacial score (nSPS) is 15.2. The van der Waals surface area contributed by atoms with Crippen LogP contribution in [-0.2, 0) is 9.59 Å². The van der Waals surface area contributed by atoms with Gasteiger partial charge in [0, 0.05) is 50.2 Å². The van der Waals surface area contributed by atoms with Crippen molar-refractivity contribution in [2.45, 2.75) is 38.8 Å². The van der Waals surface area contributed by atoms with Gasteiger partial charge >= 0.3 is 5.69 Å². The zero-order valence-corrected chi connectivity index (χ0v) is 20.1. The summed E-state index contributed by atoms with van der Waals surface area (Å²) >= 11 is 0. The summed E-state index contributed by atoms with van der Waals surface area (Å²) in [5.74, 6) is -0.492. The predicted octanol–water partition coefficient (Wildman–Crippen LogP) is 0.593. The standard InChI is InChI=1S/C24H24N8O5/c1-12(33)22(36)31-7-5-15(6-8-31)32-20-16(21(35)30-24(32)37)11-25-18-4-3-17(29-19(18)20)14-9-26-23(27-10-14)28-13(2)34/h3-4,9-12,15,33H,5-8H2,1-2H3,(H,30,35,37)(H,26,27,28,34)/t12-/m0/s1. The topological polar surface area (TPSA) is 176 Å². The molecule has 0 aromatic carbocycles. The van der Waals surface area contributed by atoms with Crippen LogP contribution in [0.3, 0.4) is 0 Å². The zero-order valence-electron chi connectivity index (χ0n) is 20.1. The van der Waals surface area contributed by atoms with Crippen LogP contribution in [0.15, 0.2) is 40.3 Å². The van der Waals surface area contributed by atoms with Crippen molar-refractivity contribution in [1.29, 1.82) is 0 Å². The number of aliphatic hydroxyl groups is 1. The van der Waals surface area contributed by atoms with Crippen LogP contribution in [0.25, 0.3) is 33.2 Å². The molecule has 37 heavy (non-hydrogen) atoms. The number of piperidine rings is 1. The van der Waals surface area contributed by atoms with Gasteiger partial charge in [0.05, 0.1) is 22.1 Å². The number of H-pyrrole nitrogens is 1. The fourth-order valence-electron chi connectivity index (χ4n) is 4.59. The first-order valence-corrected chi connectivity index (χ1v) is 11.7. The molecule has 0 bridgehead atoms. The molecular weight excluding hydrogens is 480 g/mol. The lowest BCUT2D eigenvalue weighted by atomic mass is 10.0. The summed E-state index contributed by atoms with van der Waals surface area (Å²) in [5, 5.41) is 12.4. The number of amides is 2. The molecule has 1 aliphatic heterocycles. The number of aliphatic hydroxyl groups excluding tert-OH is 1. The number of hydrogen-bond acceptors (Lipinski definition) is 9. The Kier molecular flexibility index (Phi) is 6.21. The number of carbonyl (C=O) groups is 2. The number of fused-ring (bicyclic) bond motifs is 3. The van der Waals surface area contributed by atoms with E-state index < -0.39 is 17.4 Å². The number of aromatic nitrogens is 6. The smallest absolute Gasteiger partial charge is 0.329 e. The third-order valence-corrected chi connectivity index (χ3v) is 6.35. The average Bonchev–Trinajstić information content (AvgIpc) is 2.88. The van der Waals surface area contributed by atoms with Crippen LogP contribution in [0, 0.1) is 0 Å². The molecule has 1 aliphatic rings. The molecule has 5 rings (SSSR count). The van der Waals surface area contributed by atoms with Crippen molar-refractivity contribution in [2.24, 2.45) is 0 Å². The Labute approximate surface area is 209 Å². The monoisotopic (exact) mass is 504 g/mol. The number of aromatic amines is 1. The van der Waals surface area contributed by atoms with Crippen LogP contribution in [0.2, 0.25) is 0 Å². The quantitative estimate of drug-likeness (QED) is 0.336. The molecule has 1 saturated heterocycles. The van der Waals surface area contributed by atoms with Crippen LogP contribution >= 0.6 is 0 Å². The van der Waals surface area contributed by atoms with E-state index in [0.29, 0.717) is 53.7 Å². The van der Waals surface area contributed by atoms with Gasteiger partial charge in [0.2, 0.25) is 11.9 Å². The van der Waals surface area contributed by atoms with Gasteiger partial charge in [-0.2, -0.15) is 0 Å². The van der Waals surface area contributed by atoms with E-state index in [1.54, 1.807) is 17.0 Å². The van der Waals surface area contributed by atoms with Gasteiger partial charge < -0.3 is 10.0 Å². The van der Waals surface area contributed by atoms with Crippen LogP contribution in [-0.4, -0.2) is 70.5 Å². The predicted molar refractivity (Wildman–Crippen MR) is 134 cm³/mol. The maximum atomic E-state index is 13.1. The molecule has 190 valence electrons. The minimum absolute atomic E-state index is 0.157. The van der Waals surface area contributed by atoms with Crippen molar-refractivity contribution in [3.05, 3.63) is 51.6 Å². The molecule has 4 aromatic heterocycles. The molecule has 0 saturated carbocycles. The zero-order chi connectivity index (χ0) is 26.3. The summed E-state index contributed by atoms with van der Waals surface area (Å²) in [5.41, 5.74) is 1.14. The Balaban J connectivity index is 1.61. The van der Waals surface area contributed by atoms with Crippen molar-refractivity contribution in [3.8, 4) is 11.3 Å². The Morgan fingerprint density at radius 2 is 1.81 bits per heavy atom. The number of nitrogens with one attached hydrogen (secondary N) is 2. The first kappa shape index (κ1) is 24.2. The van der Waals surface area contributed by atoms with E-state index in [1.807, 2.05) is 0 Å². The summed E-state index contributed by atoms with van der Waals surface area (Å²) in [7, 11) is 0. The molecule has 3 N–H and O–H groups in total. The van der Waals surface area contributed by atoms with Gasteiger partial charge in [-0.25, -0.2) is 19.7 Å². The van der Waals surface area contributed by atoms with E-state index >= 15 is 0 Å². The lowest BCUT2D eigenvalue weighted by molar-refractivity contribution is -0.140. The SMILES string of the molecule is CC(=O)Nc1ncc(-c2ccc3ncc4c(=O)[nH]c(=O)n(C5CCN(C(=O)[C@H](C)O)CC5)c4c3n2)cn1. The molecule has 4 aromatic rings. The highest BCUT2D eigenvalue weighted by Gasteiger charge is 2.28. The molecule has 2 amide bonds. The van der Waals surface area contributed by atoms with E-state index in [9.17, 15) is 24.3 Å². The maximum Gasteiger partial charge on any atom is 0.329 e. The average molecular weight is 505 g/mol. The number of rotatable bonds is 4. The highest BCUT2D eigenvalue weighted by molar-refractivity contribution is 6.01. The van der Waals surface area contributed by atoms with Gasteiger partial charge in [-0.1, -0.05) is 0 Å². The van der Waals surface area contributed by atoms with Gasteiger partial charge in [0.1, 0.15) is 11.6 Å². The molecular formula is C24H24N8O5. The molecule has 5 heterocycles. The van der Waals surface area contributed by atoms with Crippen molar-refractivity contribution in [2.75, 3.05) is 18.4 Å². The maximum absolute atomic E-state index is 13.1. The Morgan fingerprint density at radius 3 is 2.46 bits per heavy atom. The summed E-state index contributed by atoms with van der Waals surface area (Å²) in [6.07, 6.45) is 4.27. The van der Waals surface area contributed by atoms with E-state index in [1.165, 1.54) is 37.0 Å². The molecule has 1 atom stereocenters. The number of hydrogen-bond donors (Lipinski definition) is 3. The summed E-state index contributed by atoms with van der Waals surface area (Å²) in [4.78, 5) is 70.5. The van der Waals surface area contributed by atoms with Crippen molar-refractivity contribution < 1.29 is 14.7 Å². The Bertz CT molecular complexity index is 1640. The molecule has 13 nitrogen and oxygen atoms in total. The number of carbonyl (C=O) groups excluding carboxylic acids is 2. The van der Waals surface area contributed by atoms with E-state index in [4.69, 9.17) is 4.98 Å². The lowest BCUT2D eigenvalue weighted by Crippen LogP contribution is -2.45. The first-order valence-electron chi connectivity index (χ1n) is 11.7. The summed E-state index contributed by atoms with van der Waals surface area (Å²) in [6.45, 7) is 3.51. The largest absolute Gasteiger partial charge is 0.384 e. The molecule has 0 aliphatic carbocycles. The number of likely N-dealkylation sites (tertiary alicyclic amines) is 1. The number of nitrogens with zero attached hydrogens (tertiary/aromatic N) is 6. The van der Waals surface area contributed by atoms with Crippen molar-refractivity contribution >= 4 is 39.7 Å². The fourth-order valence-corrected chi connectivity index (χ4v) is 4.59. The lowest BCUT2D eigenvalue weighted by Gasteiger charge is -2.34. The van der Waals surface area contributed by atoms with E-state index in [0.717, 1.165) is 0 Å². The molecule has 0 spiro atoms. The van der Waals surface area contributed by atoms with Crippen LogP contribution in [0.1, 0.15) is 32.7 Å². The fraction of sp³-hybridized carbons (Fsp3) is 0.333. The third kappa shape index (κ3) is 4.56. The third-order valence-electron chi connectivity index (χ3n) is 6.35. The van der Waals surface area contributed by atoms with Crippen molar-refractivity contribution in [1.82, 2.24) is 34.4 Å². The molecule has 13 heteroatoms. The van der Waals surface area contributed by atoms with Crippen LogP contribution < -0.4 is 16.6 Å². The van der Waals surface area contributed by atoms with E-state index in [-0.39, 0.29) is 29.2 Å². The Hall–Kier alpha value is -4.52. The minimum atomic E-state index is -1.10. The van der Waals surface area contributed by atoms with Crippen molar-refractivity contribution in [3.63, 3.8) is 0 Å². The molecule has 0 radical (unpaired) electrons. The summed E-state index contributed by atoms with van der Waals surface area (Å²) in [6, 6.07) is 3.16. The Morgan fingerprint density at radius 1 is 1.11 bits per heavy atom. The number of pyridine rings is 2. The second-order valence-corrected chi connectivity index (χ2v) is 8.92. The molecule has 0 unspecified atom stereocenters. The second-order valence-electron chi connectivity index (χ2n) is 8.92. The van der Waals surface area contributed by atoms with Crippen LogP contribution in [0.5, 0.6) is 0 Å². The highest BCUT2D eigenvalue weighted by atomic mass is 16.3. The first-order chi connectivity index (χ1) is 17.7. The summed E-state index contributed by atoms with van der Waals surface area (Å²) < 4.78 is 1.53. The van der Waals surface area contributed by atoms with Crippen LogP contribution in [0.4, 0.5) is 5.95 Å². The minimum Gasteiger partial charge on any atom is -0.384 e. The second kappa shape index (κ2) is 9.50. The van der Waals surface area contributed by atoms with E-state index in [2.05, 4.69) is 25.3 Å². The van der Waals surface area contributed by atoms with Gasteiger partial charge in [-0.15, -0.1) is 0 Å².